The van der Waals surface area contributed by atoms with Crippen molar-refractivity contribution in [2.24, 2.45) is 7.05 Å². The molecule has 1 aromatic rings. The van der Waals surface area contributed by atoms with Crippen LogP contribution in [0, 0.1) is 0 Å². The van der Waals surface area contributed by atoms with Gasteiger partial charge in [-0.15, -0.1) is 0 Å². The zero-order valence-electron chi connectivity index (χ0n) is 11.0. The van der Waals surface area contributed by atoms with Crippen LogP contribution < -0.4 is 28.5 Å². The lowest BCUT2D eigenvalue weighted by Gasteiger charge is -2.22. The molecular weight excluding hydrogens is 349 g/mol. The molecule has 0 aliphatic rings. The van der Waals surface area contributed by atoms with Crippen molar-refractivity contribution in [1.82, 2.24) is 9.47 Å². The highest BCUT2D eigenvalue weighted by Crippen LogP contribution is 2.02. The Balaban J connectivity index is 0.00000289. The zero-order valence-corrected chi connectivity index (χ0v) is 13.1. The summed E-state index contributed by atoms with van der Waals surface area (Å²) in [5.74, 6) is -0.427. The summed E-state index contributed by atoms with van der Waals surface area (Å²) in [5, 5.41) is 0. The molecule has 7 heteroatoms. The van der Waals surface area contributed by atoms with E-state index in [0.29, 0.717) is 0 Å². The first-order chi connectivity index (χ1) is 7.95. The van der Waals surface area contributed by atoms with Crippen LogP contribution in [-0.4, -0.2) is 41.2 Å². The molecule has 0 N–H and O–H groups in total. The first kappa shape index (κ1) is 16.9. The standard InChI is InChI=1S/C11H18N3O3.HI/c1-9(2)14(7-10(15)17-4)11(16)13-6-5-12(3)8-13;/h5-6,8-9H,7H2,1-4H3;1H/q+1;/p-1. The van der Waals surface area contributed by atoms with Gasteiger partial charge in [-0.3, -0.25) is 9.69 Å². The third kappa shape index (κ3) is 4.28. The Kier molecular flexibility index (Phi) is 6.89. The molecule has 0 aromatic carbocycles. The quantitative estimate of drug-likeness (QED) is 0.329. The van der Waals surface area contributed by atoms with E-state index in [4.69, 9.17) is 0 Å². The van der Waals surface area contributed by atoms with Crippen molar-refractivity contribution in [2.45, 2.75) is 19.9 Å². The monoisotopic (exact) mass is 367 g/mol. The van der Waals surface area contributed by atoms with Gasteiger partial charge in [0.15, 0.2) is 0 Å². The van der Waals surface area contributed by atoms with E-state index < -0.39 is 5.97 Å². The largest absolute Gasteiger partial charge is 1.00 e. The van der Waals surface area contributed by atoms with E-state index in [1.54, 1.807) is 23.3 Å². The highest BCUT2D eigenvalue weighted by atomic mass is 127. The smallest absolute Gasteiger partial charge is 0.416 e. The second-order valence-electron chi connectivity index (χ2n) is 4.07. The van der Waals surface area contributed by atoms with Gasteiger partial charge in [0.1, 0.15) is 18.9 Å². The third-order valence-corrected chi connectivity index (χ3v) is 2.39. The van der Waals surface area contributed by atoms with Crippen LogP contribution in [0.4, 0.5) is 4.79 Å². The van der Waals surface area contributed by atoms with Gasteiger partial charge in [0.2, 0.25) is 0 Å². The second kappa shape index (κ2) is 7.34. The molecule has 0 saturated heterocycles. The fraction of sp³-hybridized carbons (Fsp3) is 0.545. The van der Waals surface area contributed by atoms with Gasteiger partial charge in [0, 0.05) is 6.04 Å². The highest BCUT2D eigenvalue weighted by molar-refractivity contribution is 5.82. The number of methoxy groups -OCH3 is 1. The average molecular weight is 367 g/mol. The van der Waals surface area contributed by atoms with Gasteiger partial charge < -0.3 is 28.7 Å². The molecule has 1 rings (SSSR count). The van der Waals surface area contributed by atoms with E-state index in [1.807, 2.05) is 20.9 Å². The van der Waals surface area contributed by atoms with E-state index in [2.05, 4.69) is 4.74 Å². The van der Waals surface area contributed by atoms with Crippen LogP contribution in [-0.2, 0) is 16.6 Å². The van der Waals surface area contributed by atoms with Gasteiger partial charge in [0.25, 0.3) is 6.33 Å². The molecule has 18 heavy (non-hydrogen) atoms. The molecule has 0 saturated carbocycles. The molecule has 0 aliphatic heterocycles. The molecular formula is C11H18IN3O3. The number of hydrogen-bond donors (Lipinski definition) is 0. The first-order valence-corrected chi connectivity index (χ1v) is 5.36. The molecule has 102 valence electrons. The number of halogens is 1. The van der Waals surface area contributed by atoms with Crippen LogP contribution in [0.1, 0.15) is 13.8 Å². The minimum atomic E-state index is -0.427. The molecule has 0 fully saturated rings. The lowest BCUT2D eigenvalue weighted by molar-refractivity contribution is -0.670. The van der Waals surface area contributed by atoms with Crippen LogP contribution in [0.2, 0.25) is 0 Å². The minimum Gasteiger partial charge on any atom is -1.00 e. The summed E-state index contributed by atoms with van der Waals surface area (Å²) in [6.07, 6.45) is 5.05. The van der Waals surface area contributed by atoms with Crippen LogP contribution >= 0.6 is 0 Å². The number of aromatic nitrogens is 2. The summed E-state index contributed by atoms with van der Waals surface area (Å²) >= 11 is 0. The molecule has 1 heterocycles. The number of carbonyl (C=O) groups is 2. The molecule has 6 nitrogen and oxygen atoms in total. The fourth-order valence-electron chi connectivity index (χ4n) is 1.39. The number of imidazole rings is 1. The number of rotatable bonds is 3. The van der Waals surface area contributed by atoms with Crippen molar-refractivity contribution >= 4 is 12.0 Å². The van der Waals surface area contributed by atoms with Crippen LogP contribution in [0.5, 0.6) is 0 Å². The lowest BCUT2D eigenvalue weighted by atomic mass is 10.3. The van der Waals surface area contributed by atoms with E-state index in [-0.39, 0.29) is 42.6 Å². The number of nitrogens with zero attached hydrogens (tertiary/aromatic N) is 3. The molecule has 0 unspecified atom stereocenters. The number of ether oxygens (including phenoxy) is 1. The second-order valence-corrected chi connectivity index (χ2v) is 4.07. The summed E-state index contributed by atoms with van der Waals surface area (Å²) in [7, 11) is 3.13. The number of aryl methyl sites for hydroxylation is 1. The predicted octanol–water partition coefficient (Wildman–Crippen LogP) is -2.83. The van der Waals surface area contributed by atoms with Crippen molar-refractivity contribution in [3.63, 3.8) is 0 Å². The van der Waals surface area contributed by atoms with Crippen molar-refractivity contribution in [3.8, 4) is 0 Å². The summed E-state index contributed by atoms with van der Waals surface area (Å²) in [5.41, 5.74) is 0. The highest BCUT2D eigenvalue weighted by Gasteiger charge is 2.25. The fourth-order valence-corrected chi connectivity index (χ4v) is 1.39. The van der Waals surface area contributed by atoms with Gasteiger partial charge >= 0.3 is 12.0 Å². The Labute approximate surface area is 124 Å². The number of esters is 1. The number of carbonyl (C=O) groups excluding carboxylic acids is 2. The van der Waals surface area contributed by atoms with E-state index in [9.17, 15) is 9.59 Å². The summed E-state index contributed by atoms with van der Waals surface area (Å²) in [6, 6.07) is -0.319. The van der Waals surface area contributed by atoms with Crippen molar-refractivity contribution < 1.29 is 42.9 Å². The minimum absolute atomic E-state index is 0. The van der Waals surface area contributed by atoms with Crippen molar-refractivity contribution in [1.29, 1.82) is 0 Å². The van der Waals surface area contributed by atoms with Crippen molar-refractivity contribution in [3.05, 3.63) is 18.7 Å². The molecule has 0 atom stereocenters. The van der Waals surface area contributed by atoms with Gasteiger partial charge in [-0.1, -0.05) is 0 Å². The van der Waals surface area contributed by atoms with Gasteiger partial charge in [-0.25, -0.2) is 9.36 Å². The van der Waals surface area contributed by atoms with Gasteiger partial charge in [0.05, 0.1) is 14.2 Å². The SMILES string of the molecule is COC(=O)CN(C(=O)n1cc[n+](C)c1)C(C)C.[I-]. The summed E-state index contributed by atoms with van der Waals surface area (Å²) in [6.45, 7) is 3.66. The average Bonchev–Trinajstić information content (AvgIpc) is 2.71. The van der Waals surface area contributed by atoms with E-state index in [0.717, 1.165) is 0 Å². The van der Waals surface area contributed by atoms with Crippen LogP contribution in [0.25, 0.3) is 0 Å². The Morgan fingerprint density at radius 2 is 2.06 bits per heavy atom. The Hall–Kier alpha value is -1.12. The maximum Gasteiger partial charge on any atom is 0.416 e. The summed E-state index contributed by atoms with van der Waals surface area (Å²) < 4.78 is 7.77. The maximum absolute atomic E-state index is 12.1. The van der Waals surface area contributed by atoms with Gasteiger partial charge in [-0.2, -0.15) is 4.57 Å². The molecule has 1 aromatic heterocycles. The third-order valence-electron chi connectivity index (χ3n) is 2.39. The summed E-state index contributed by atoms with van der Waals surface area (Å²) in [4.78, 5) is 24.8. The molecule has 0 radical (unpaired) electrons. The Bertz CT molecular complexity index is 417. The zero-order chi connectivity index (χ0) is 13.0. The molecule has 0 bridgehead atoms. The Morgan fingerprint density at radius 1 is 1.44 bits per heavy atom. The number of hydrogen-bond acceptors (Lipinski definition) is 3. The van der Waals surface area contributed by atoms with E-state index in [1.165, 1.54) is 16.6 Å². The molecule has 0 spiro atoms. The van der Waals surface area contributed by atoms with Crippen LogP contribution in [0.15, 0.2) is 18.7 Å². The normalized spacial score (nSPS) is 9.83. The van der Waals surface area contributed by atoms with E-state index >= 15 is 0 Å². The molecule has 1 amide bonds. The maximum atomic E-state index is 12.1. The lowest BCUT2D eigenvalue weighted by Crippen LogP contribution is -3.00. The predicted molar refractivity (Wildman–Crippen MR) is 60.3 cm³/mol. The number of amides is 1. The topological polar surface area (TPSA) is 55.4 Å². The molecule has 0 aliphatic carbocycles. The van der Waals surface area contributed by atoms with Crippen LogP contribution in [0.3, 0.4) is 0 Å². The first-order valence-electron chi connectivity index (χ1n) is 5.36. The van der Waals surface area contributed by atoms with Crippen molar-refractivity contribution in [2.75, 3.05) is 13.7 Å². The Morgan fingerprint density at radius 3 is 2.44 bits per heavy atom. The van der Waals surface area contributed by atoms with Gasteiger partial charge in [-0.05, 0) is 13.8 Å².